The Kier molecular flexibility index (Phi) is 3.00. The summed E-state index contributed by atoms with van der Waals surface area (Å²) in [7, 11) is 0. The molecule has 4 nitrogen and oxygen atoms in total. The molecule has 0 aromatic carbocycles. The first-order chi connectivity index (χ1) is 5.34. The lowest BCUT2D eigenvalue weighted by molar-refractivity contribution is 0.0511. The van der Waals surface area contributed by atoms with Crippen LogP contribution in [0.2, 0.25) is 0 Å². The Morgan fingerprint density at radius 1 is 1.82 bits per heavy atom. The number of nitrogens with zero attached hydrogens (tertiary/aromatic N) is 1. The average molecular weight is 172 g/mol. The summed E-state index contributed by atoms with van der Waals surface area (Å²) >= 11 is 1.36. The number of thiazole rings is 1. The number of hydrogen-bond acceptors (Lipinski definition) is 5. The van der Waals surface area contributed by atoms with Crippen molar-refractivity contribution in [1.82, 2.24) is 4.98 Å². The Balaban J connectivity index is 2.43. The van der Waals surface area contributed by atoms with Gasteiger partial charge in [0.1, 0.15) is 6.61 Å². The smallest absolute Gasteiger partial charge is 0.357 e. The summed E-state index contributed by atoms with van der Waals surface area (Å²) in [6.45, 7) is 0.590. The zero-order valence-corrected chi connectivity index (χ0v) is 6.63. The van der Waals surface area contributed by atoms with Crippen LogP contribution in [0.25, 0.3) is 0 Å². The van der Waals surface area contributed by atoms with E-state index in [-0.39, 0.29) is 6.61 Å². The molecule has 0 spiro atoms. The third-order valence-corrected chi connectivity index (χ3v) is 1.58. The molecule has 11 heavy (non-hydrogen) atoms. The Morgan fingerprint density at radius 2 is 2.64 bits per heavy atom. The van der Waals surface area contributed by atoms with E-state index in [9.17, 15) is 4.79 Å². The molecule has 0 unspecified atom stereocenters. The summed E-state index contributed by atoms with van der Waals surface area (Å²) in [5.41, 5.74) is 7.07. The SMILES string of the molecule is NCCOC(=O)c1cscn1. The molecule has 60 valence electrons. The minimum atomic E-state index is -0.406. The summed E-state index contributed by atoms with van der Waals surface area (Å²) in [6.07, 6.45) is 0. The Morgan fingerprint density at radius 3 is 3.18 bits per heavy atom. The molecule has 1 heterocycles. The third kappa shape index (κ3) is 2.28. The van der Waals surface area contributed by atoms with Crippen LogP contribution in [0.4, 0.5) is 0 Å². The van der Waals surface area contributed by atoms with Crippen LogP contribution in [0.3, 0.4) is 0 Å². The molecule has 0 saturated heterocycles. The maximum absolute atomic E-state index is 10.9. The Labute approximate surface area is 68.0 Å². The van der Waals surface area contributed by atoms with Crippen molar-refractivity contribution in [3.8, 4) is 0 Å². The Hall–Kier alpha value is -0.940. The maximum Gasteiger partial charge on any atom is 0.357 e. The Bertz CT molecular complexity index is 222. The number of carbonyl (C=O) groups is 1. The molecule has 2 N–H and O–H groups in total. The number of carbonyl (C=O) groups excluding carboxylic acids is 1. The minimum Gasteiger partial charge on any atom is -0.460 e. The number of nitrogens with two attached hydrogens (primary N) is 1. The molecule has 0 aliphatic rings. The average Bonchev–Trinajstić information content (AvgIpc) is 2.52. The molecule has 1 aromatic rings. The van der Waals surface area contributed by atoms with E-state index in [1.54, 1.807) is 10.9 Å². The molecule has 0 aliphatic heterocycles. The van der Waals surface area contributed by atoms with Crippen LogP contribution in [0.5, 0.6) is 0 Å². The van der Waals surface area contributed by atoms with E-state index in [1.807, 2.05) is 0 Å². The normalized spacial score (nSPS) is 9.55. The van der Waals surface area contributed by atoms with Crippen LogP contribution in [0.15, 0.2) is 10.9 Å². The van der Waals surface area contributed by atoms with Gasteiger partial charge >= 0.3 is 5.97 Å². The highest BCUT2D eigenvalue weighted by Crippen LogP contribution is 2.01. The second-order valence-corrected chi connectivity index (χ2v) is 2.52. The lowest BCUT2D eigenvalue weighted by Gasteiger charge is -1.97. The second-order valence-electron chi connectivity index (χ2n) is 1.80. The molecule has 0 amide bonds. The summed E-state index contributed by atoms with van der Waals surface area (Å²) in [6, 6.07) is 0. The number of esters is 1. The van der Waals surface area contributed by atoms with Gasteiger partial charge in [0.25, 0.3) is 0 Å². The molecule has 0 bridgehead atoms. The van der Waals surface area contributed by atoms with Crippen molar-refractivity contribution >= 4 is 17.3 Å². The number of ether oxygens (including phenoxy) is 1. The molecular formula is C6H8N2O2S. The fourth-order valence-electron chi connectivity index (χ4n) is 0.539. The maximum atomic E-state index is 10.9. The van der Waals surface area contributed by atoms with Gasteiger partial charge < -0.3 is 10.5 Å². The van der Waals surface area contributed by atoms with Gasteiger partial charge in [0.15, 0.2) is 5.69 Å². The van der Waals surface area contributed by atoms with Crippen LogP contribution in [0.1, 0.15) is 10.5 Å². The van der Waals surface area contributed by atoms with Gasteiger partial charge in [0.05, 0.1) is 5.51 Å². The van der Waals surface area contributed by atoms with Crippen molar-refractivity contribution < 1.29 is 9.53 Å². The molecular weight excluding hydrogens is 164 g/mol. The highest BCUT2D eigenvalue weighted by molar-refractivity contribution is 7.07. The first-order valence-electron chi connectivity index (χ1n) is 3.10. The van der Waals surface area contributed by atoms with Crippen LogP contribution in [0, 0.1) is 0 Å². The number of hydrogen-bond donors (Lipinski definition) is 1. The summed E-state index contributed by atoms with van der Waals surface area (Å²) in [5.74, 6) is -0.406. The fourth-order valence-corrected chi connectivity index (χ4v) is 1.06. The first kappa shape index (κ1) is 8.16. The standard InChI is InChI=1S/C6H8N2O2S/c7-1-2-10-6(9)5-3-11-4-8-5/h3-4H,1-2,7H2. The molecule has 1 rings (SSSR count). The van der Waals surface area contributed by atoms with Crippen molar-refractivity contribution in [2.24, 2.45) is 5.73 Å². The van der Waals surface area contributed by atoms with Gasteiger partial charge in [-0.3, -0.25) is 0 Å². The van der Waals surface area contributed by atoms with Crippen molar-refractivity contribution in [3.63, 3.8) is 0 Å². The van der Waals surface area contributed by atoms with Crippen LogP contribution in [-0.4, -0.2) is 24.1 Å². The van der Waals surface area contributed by atoms with E-state index < -0.39 is 5.97 Å². The largest absolute Gasteiger partial charge is 0.460 e. The van der Waals surface area contributed by atoms with E-state index in [2.05, 4.69) is 4.98 Å². The number of aromatic nitrogens is 1. The van der Waals surface area contributed by atoms with Crippen molar-refractivity contribution in [1.29, 1.82) is 0 Å². The monoisotopic (exact) mass is 172 g/mol. The lowest BCUT2D eigenvalue weighted by atomic mass is 10.5. The lowest BCUT2D eigenvalue weighted by Crippen LogP contribution is -2.13. The van der Waals surface area contributed by atoms with E-state index in [0.717, 1.165) is 0 Å². The van der Waals surface area contributed by atoms with Crippen LogP contribution in [-0.2, 0) is 4.74 Å². The predicted molar refractivity (Wildman–Crippen MR) is 41.5 cm³/mol. The zero-order valence-electron chi connectivity index (χ0n) is 5.82. The molecule has 0 fully saturated rings. The van der Waals surface area contributed by atoms with E-state index >= 15 is 0 Å². The molecule has 5 heteroatoms. The topological polar surface area (TPSA) is 65.2 Å². The minimum absolute atomic E-state index is 0.246. The molecule has 0 radical (unpaired) electrons. The zero-order chi connectivity index (χ0) is 8.10. The molecule has 0 atom stereocenters. The highest BCUT2D eigenvalue weighted by atomic mass is 32.1. The van der Waals surface area contributed by atoms with E-state index in [1.165, 1.54) is 11.3 Å². The van der Waals surface area contributed by atoms with E-state index in [4.69, 9.17) is 10.5 Å². The summed E-state index contributed by atoms with van der Waals surface area (Å²) in [4.78, 5) is 14.7. The molecule has 0 saturated carbocycles. The predicted octanol–water partition coefficient (Wildman–Crippen LogP) is 0.259. The van der Waals surface area contributed by atoms with Crippen molar-refractivity contribution in [2.75, 3.05) is 13.2 Å². The summed E-state index contributed by atoms with van der Waals surface area (Å²) in [5, 5.41) is 1.64. The van der Waals surface area contributed by atoms with Gasteiger partial charge in [-0.05, 0) is 0 Å². The fraction of sp³-hybridized carbons (Fsp3) is 0.333. The first-order valence-corrected chi connectivity index (χ1v) is 4.04. The quantitative estimate of drug-likeness (QED) is 0.664. The van der Waals surface area contributed by atoms with Crippen molar-refractivity contribution in [3.05, 3.63) is 16.6 Å². The summed E-state index contributed by atoms with van der Waals surface area (Å²) < 4.78 is 4.72. The van der Waals surface area contributed by atoms with Gasteiger partial charge in [-0.15, -0.1) is 11.3 Å². The van der Waals surface area contributed by atoms with Crippen molar-refractivity contribution in [2.45, 2.75) is 0 Å². The molecule has 1 aromatic heterocycles. The molecule has 0 aliphatic carbocycles. The number of rotatable bonds is 3. The van der Waals surface area contributed by atoms with Crippen LogP contribution >= 0.6 is 11.3 Å². The van der Waals surface area contributed by atoms with E-state index in [0.29, 0.717) is 12.2 Å². The van der Waals surface area contributed by atoms with Gasteiger partial charge in [-0.1, -0.05) is 0 Å². The van der Waals surface area contributed by atoms with Gasteiger partial charge in [0.2, 0.25) is 0 Å². The van der Waals surface area contributed by atoms with Gasteiger partial charge in [-0.25, -0.2) is 9.78 Å². The van der Waals surface area contributed by atoms with Gasteiger partial charge in [0, 0.05) is 11.9 Å². The highest BCUT2D eigenvalue weighted by Gasteiger charge is 2.07. The third-order valence-electron chi connectivity index (χ3n) is 0.992. The second kappa shape index (κ2) is 4.05. The van der Waals surface area contributed by atoms with Gasteiger partial charge in [-0.2, -0.15) is 0 Å². The van der Waals surface area contributed by atoms with Crippen LogP contribution < -0.4 is 5.73 Å².